The third kappa shape index (κ3) is 6.70. The number of aromatic nitrogens is 3. The van der Waals surface area contributed by atoms with Crippen molar-refractivity contribution in [2.24, 2.45) is 0 Å². The fraction of sp³-hybridized carbons (Fsp3) is 0.842. The summed E-state index contributed by atoms with van der Waals surface area (Å²) in [5, 5.41) is 4.03. The molecule has 154 valence electrons. The van der Waals surface area contributed by atoms with Crippen molar-refractivity contribution in [3.8, 4) is 0 Å². The van der Waals surface area contributed by atoms with Crippen molar-refractivity contribution in [2.75, 3.05) is 31.1 Å². The van der Waals surface area contributed by atoms with Gasteiger partial charge in [0, 0.05) is 23.7 Å². The van der Waals surface area contributed by atoms with Crippen LogP contribution < -0.4 is 10.2 Å². The van der Waals surface area contributed by atoms with Gasteiger partial charge in [-0.25, -0.2) is 0 Å². The van der Waals surface area contributed by atoms with E-state index >= 15 is 0 Å². The van der Waals surface area contributed by atoms with E-state index in [9.17, 15) is 0 Å². The fourth-order valence-corrected chi connectivity index (χ4v) is 4.74. The zero-order chi connectivity index (χ0) is 20.2. The number of hydrogen-bond donors (Lipinski definition) is 1. The van der Waals surface area contributed by atoms with E-state index in [1.165, 1.54) is 0 Å². The summed E-state index contributed by atoms with van der Waals surface area (Å²) < 4.78 is 0. The summed E-state index contributed by atoms with van der Waals surface area (Å²) in [6, 6.07) is 0.308. The van der Waals surface area contributed by atoms with Crippen LogP contribution in [0.5, 0.6) is 0 Å². The Morgan fingerprint density at radius 3 is 1.93 bits per heavy atom. The van der Waals surface area contributed by atoms with Crippen molar-refractivity contribution in [3.05, 3.63) is 10.6 Å². The molecule has 0 spiro atoms. The monoisotopic (exact) mass is 416 g/mol. The Kier molecular flexibility index (Phi) is 7.70. The molecule has 0 aliphatic carbocycles. The highest BCUT2D eigenvalue weighted by atomic mass is 35.5. The summed E-state index contributed by atoms with van der Waals surface area (Å²) in [5.74, 6) is 0.582. The molecule has 1 aliphatic heterocycles. The highest BCUT2D eigenvalue weighted by Crippen LogP contribution is 2.33. The van der Waals surface area contributed by atoms with E-state index in [1.54, 1.807) is 0 Å². The van der Waals surface area contributed by atoms with Gasteiger partial charge in [-0.05, 0) is 89.8 Å². The Labute approximate surface area is 174 Å². The van der Waals surface area contributed by atoms with Gasteiger partial charge in [-0.2, -0.15) is 15.0 Å². The molecule has 8 heteroatoms. The molecule has 1 aromatic heterocycles. The molecule has 0 radical (unpaired) electrons. The van der Waals surface area contributed by atoms with E-state index in [0.29, 0.717) is 12.0 Å². The molecule has 0 saturated carbocycles. The summed E-state index contributed by atoms with van der Waals surface area (Å²) in [5.41, 5.74) is 0.0638. The smallest absolute Gasteiger partial charge is 0.231 e. The number of nitrogens with zero attached hydrogens (tertiary/aromatic N) is 5. The van der Waals surface area contributed by atoms with Gasteiger partial charge in [0.15, 0.2) is 0 Å². The molecule has 6 nitrogen and oxygen atoms in total. The molecule has 0 amide bonds. The zero-order valence-electron chi connectivity index (χ0n) is 17.5. The lowest BCUT2D eigenvalue weighted by Gasteiger charge is -2.49. The van der Waals surface area contributed by atoms with Crippen molar-refractivity contribution in [1.82, 2.24) is 25.2 Å². The summed E-state index contributed by atoms with van der Waals surface area (Å²) in [6.45, 7) is 17.4. The molecule has 2 rings (SSSR count). The van der Waals surface area contributed by atoms with Crippen molar-refractivity contribution in [1.29, 1.82) is 0 Å². The Balaban J connectivity index is 2.25. The van der Waals surface area contributed by atoms with Crippen LogP contribution in [-0.4, -0.2) is 63.2 Å². The van der Waals surface area contributed by atoms with Crippen LogP contribution >= 0.6 is 23.2 Å². The molecule has 1 fully saturated rings. The van der Waals surface area contributed by atoms with Crippen molar-refractivity contribution < 1.29 is 0 Å². The van der Waals surface area contributed by atoms with Gasteiger partial charge in [0.25, 0.3) is 0 Å². The molecular weight excluding hydrogens is 383 g/mol. The predicted molar refractivity (Wildman–Crippen MR) is 114 cm³/mol. The van der Waals surface area contributed by atoms with Crippen molar-refractivity contribution in [3.63, 3.8) is 0 Å². The molecular formula is C19H34Cl2N6. The Bertz CT molecular complexity index is 582. The van der Waals surface area contributed by atoms with Gasteiger partial charge >= 0.3 is 0 Å². The number of hydrogen-bond acceptors (Lipinski definition) is 6. The van der Waals surface area contributed by atoms with E-state index in [-0.39, 0.29) is 21.6 Å². The topological polar surface area (TPSA) is 57.2 Å². The van der Waals surface area contributed by atoms with Gasteiger partial charge in [0.2, 0.25) is 16.5 Å². The van der Waals surface area contributed by atoms with Gasteiger partial charge in [0.1, 0.15) is 0 Å². The molecule has 0 bridgehead atoms. The largest absolute Gasteiger partial charge is 0.337 e. The van der Waals surface area contributed by atoms with Crippen LogP contribution in [0.15, 0.2) is 0 Å². The third-order valence-electron chi connectivity index (χ3n) is 5.20. The van der Waals surface area contributed by atoms with Crippen LogP contribution in [-0.2, 0) is 0 Å². The minimum Gasteiger partial charge on any atom is -0.337 e. The number of anilines is 1. The van der Waals surface area contributed by atoms with Crippen LogP contribution in [0.1, 0.15) is 60.8 Å². The first kappa shape index (κ1) is 22.6. The maximum absolute atomic E-state index is 6.08. The fourth-order valence-electron chi connectivity index (χ4n) is 4.38. The lowest BCUT2D eigenvalue weighted by molar-refractivity contribution is 0.157. The van der Waals surface area contributed by atoms with Crippen molar-refractivity contribution in [2.45, 2.75) is 77.9 Å². The lowest BCUT2D eigenvalue weighted by Crippen LogP contribution is -2.62. The minimum atomic E-state index is 0.0319. The second-order valence-electron chi connectivity index (χ2n) is 8.70. The van der Waals surface area contributed by atoms with E-state index < -0.39 is 0 Å². The number of nitrogens with one attached hydrogen (secondary N) is 1. The zero-order valence-corrected chi connectivity index (χ0v) is 19.0. The van der Waals surface area contributed by atoms with Crippen LogP contribution in [0.4, 0.5) is 5.95 Å². The van der Waals surface area contributed by atoms with E-state index in [1.807, 2.05) is 0 Å². The number of piperidine rings is 1. The maximum Gasteiger partial charge on any atom is 0.231 e. The predicted octanol–water partition coefficient (Wildman–Crippen LogP) is 4.03. The number of halogens is 2. The molecule has 27 heavy (non-hydrogen) atoms. The minimum absolute atomic E-state index is 0.0319. The van der Waals surface area contributed by atoms with Gasteiger partial charge in [-0.3, -0.25) is 0 Å². The first-order chi connectivity index (χ1) is 12.5. The summed E-state index contributed by atoms with van der Waals surface area (Å²) in [6.07, 6.45) is 3.04. The molecule has 0 aromatic carbocycles. The highest BCUT2D eigenvalue weighted by Gasteiger charge is 2.40. The SMILES string of the molecule is CCN(CC)CCCN(c1nc(Cl)nc(Cl)n1)C1CC(C)(C)NC(C)(C)C1. The quantitative estimate of drug-likeness (QED) is 0.690. The van der Waals surface area contributed by atoms with Crippen molar-refractivity contribution >= 4 is 29.2 Å². The second kappa shape index (κ2) is 9.21. The van der Waals surface area contributed by atoms with E-state index in [0.717, 1.165) is 45.4 Å². The second-order valence-corrected chi connectivity index (χ2v) is 9.38. The van der Waals surface area contributed by atoms with Gasteiger partial charge in [-0.15, -0.1) is 0 Å². The Morgan fingerprint density at radius 1 is 0.926 bits per heavy atom. The molecule has 2 heterocycles. The summed E-state index contributed by atoms with van der Waals surface area (Å²) >= 11 is 12.2. The van der Waals surface area contributed by atoms with Crippen LogP contribution in [0.2, 0.25) is 10.6 Å². The molecule has 1 aromatic rings. The van der Waals surface area contributed by atoms with Gasteiger partial charge in [0.05, 0.1) is 0 Å². The normalized spacial score (nSPS) is 19.4. The van der Waals surface area contributed by atoms with E-state index in [4.69, 9.17) is 23.2 Å². The summed E-state index contributed by atoms with van der Waals surface area (Å²) in [4.78, 5) is 17.4. The van der Waals surface area contributed by atoms with Crippen LogP contribution in [0, 0.1) is 0 Å². The Hall–Kier alpha value is -0.690. The molecule has 0 atom stereocenters. The highest BCUT2D eigenvalue weighted by molar-refractivity contribution is 6.31. The average molecular weight is 417 g/mol. The Morgan fingerprint density at radius 2 is 1.44 bits per heavy atom. The third-order valence-corrected chi connectivity index (χ3v) is 5.54. The lowest BCUT2D eigenvalue weighted by atomic mass is 9.79. The van der Waals surface area contributed by atoms with Gasteiger partial charge in [-0.1, -0.05) is 13.8 Å². The maximum atomic E-state index is 6.08. The van der Waals surface area contributed by atoms with Gasteiger partial charge < -0.3 is 15.1 Å². The first-order valence-corrected chi connectivity index (χ1v) is 10.7. The molecule has 1 saturated heterocycles. The standard InChI is InChI=1S/C19H34Cl2N6/c1-7-26(8-2)10-9-11-27(17-23-15(20)22-16(21)24-17)14-12-18(3,4)25-19(5,6)13-14/h14,25H,7-13H2,1-6H3. The molecule has 1 aliphatic rings. The van der Waals surface area contributed by atoms with E-state index in [2.05, 4.69) is 71.6 Å². The average Bonchev–Trinajstić information content (AvgIpc) is 2.51. The molecule has 1 N–H and O–H groups in total. The molecule has 0 unspecified atom stereocenters. The van der Waals surface area contributed by atoms with Crippen LogP contribution in [0.25, 0.3) is 0 Å². The first-order valence-electron chi connectivity index (χ1n) is 9.90. The van der Waals surface area contributed by atoms with Crippen LogP contribution in [0.3, 0.4) is 0 Å². The summed E-state index contributed by atoms with van der Waals surface area (Å²) in [7, 11) is 0. The number of rotatable bonds is 8.